The first kappa shape index (κ1) is 18.9. The van der Waals surface area contributed by atoms with Crippen LogP contribution >= 0.6 is 0 Å². The third-order valence-electron chi connectivity index (χ3n) is 4.69. The molecule has 2 aromatic carbocycles. The normalized spacial score (nSPS) is 13.3. The van der Waals surface area contributed by atoms with Crippen molar-refractivity contribution in [2.24, 2.45) is 0 Å². The summed E-state index contributed by atoms with van der Waals surface area (Å²) in [6.07, 6.45) is 2.38. The van der Waals surface area contributed by atoms with Gasteiger partial charge in [-0.2, -0.15) is 0 Å². The van der Waals surface area contributed by atoms with Gasteiger partial charge in [0.2, 0.25) is 0 Å². The van der Waals surface area contributed by atoms with E-state index < -0.39 is 5.82 Å². The second-order valence-electron chi connectivity index (χ2n) is 6.85. The molecule has 0 radical (unpaired) electrons. The van der Waals surface area contributed by atoms with Gasteiger partial charge in [-0.1, -0.05) is 18.2 Å². The second-order valence-corrected chi connectivity index (χ2v) is 6.85. The lowest BCUT2D eigenvalue weighted by Gasteiger charge is -2.15. The molecule has 1 aliphatic heterocycles. The molecule has 7 heteroatoms. The number of carbonyl (C=O) groups excluding carboxylic acids is 1. The Morgan fingerprint density at radius 3 is 2.62 bits per heavy atom. The van der Waals surface area contributed by atoms with Crippen LogP contribution in [0.2, 0.25) is 0 Å². The molecule has 0 saturated carbocycles. The molecule has 0 unspecified atom stereocenters. The van der Waals surface area contributed by atoms with Crippen LogP contribution in [-0.2, 0) is 4.79 Å². The van der Waals surface area contributed by atoms with E-state index in [1.165, 1.54) is 31.0 Å². The van der Waals surface area contributed by atoms with Gasteiger partial charge in [-0.3, -0.25) is 4.79 Å². The number of hydrogen-bond donors (Lipinski definition) is 1. The number of nitrogens with zero attached hydrogens (tertiary/aromatic N) is 3. The summed E-state index contributed by atoms with van der Waals surface area (Å²) in [6, 6.07) is 17.0. The van der Waals surface area contributed by atoms with Crippen molar-refractivity contribution < 1.29 is 13.9 Å². The van der Waals surface area contributed by atoms with Gasteiger partial charge in [0.15, 0.2) is 12.4 Å². The molecule has 29 heavy (non-hydrogen) atoms. The number of hydrogen-bond acceptors (Lipinski definition) is 5. The molecule has 0 atom stereocenters. The molecule has 1 saturated heterocycles. The van der Waals surface area contributed by atoms with Crippen LogP contribution in [0.25, 0.3) is 11.3 Å². The van der Waals surface area contributed by atoms with Crippen molar-refractivity contribution in [3.05, 3.63) is 66.5 Å². The van der Waals surface area contributed by atoms with Crippen LogP contribution in [0.15, 0.2) is 60.7 Å². The van der Waals surface area contributed by atoms with E-state index in [4.69, 9.17) is 4.74 Å². The van der Waals surface area contributed by atoms with Gasteiger partial charge >= 0.3 is 0 Å². The molecule has 0 aliphatic carbocycles. The Morgan fingerprint density at radius 2 is 1.86 bits per heavy atom. The lowest BCUT2D eigenvalue weighted by atomic mass is 10.1. The molecule has 1 amide bonds. The largest absolute Gasteiger partial charge is 0.484 e. The standard InChI is InChI=1S/C22H21FN4O2/c23-17-6-4-8-19(14-17)29-15-22(28)24-18-7-3-5-16(13-18)20-9-10-21(26-25-20)27-11-1-2-12-27/h3-10,13-14H,1-2,11-12,15H2,(H,24,28). The van der Waals surface area contributed by atoms with Crippen molar-refractivity contribution in [3.63, 3.8) is 0 Å². The number of nitrogens with one attached hydrogen (secondary N) is 1. The number of ether oxygens (including phenoxy) is 1. The van der Waals surface area contributed by atoms with E-state index in [2.05, 4.69) is 20.4 Å². The average Bonchev–Trinajstić information content (AvgIpc) is 3.28. The van der Waals surface area contributed by atoms with E-state index in [9.17, 15) is 9.18 Å². The van der Waals surface area contributed by atoms with Gasteiger partial charge in [0.25, 0.3) is 5.91 Å². The van der Waals surface area contributed by atoms with Gasteiger partial charge in [-0.15, -0.1) is 10.2 Å². The lowest BCUT2D eigenvalue weighted by Crippen LogP contribution is -2.20. The topological polar surface area (TPSA) is 67.3 Å². The van der Waals surface area contributed by atoms with Gasteiger partial charge < -0.3 is 15.0 Å². The summed E-state index contributed by atoms with van der Waals surface area (Å²) >= 11 is 0. The maximum Gasteiger partial charge on any atom is 0.262 e. The summed E-state index contributed by atoms with van der Waals surface area (Å²) in [5, 5.41) is 11.4. The van der Waals surface area contributed by atoms with Crippen LogP contribution in [0.5, 0.6) is 5.75 Å². The van der Waals surface area contributed by atoms with Crippen LogP contribution in [0.1, 0.15) is 12.8 Å². The van der Waals surface area contributed by atoms with E-state index in [1.807, 2.05) is 30.3 Å². The van der Waals surface area contributed by atoms with Gasteiger partial charge in [0, 0.05) is 30.4 Å². The van der Waals surface area contributed by atoms with Gasteiger partial charge in [0.1, 0.15) is 11.6 Å². The molecule has 1 aliphatic rings. The molecule has 4 rings (SSSR count). The number of rotatable bonds is 6. The van der Waals surface area contributed by atoms with Crippen LogP contribution in [-0.4, -0.2) is 35.8 Å². The summed E-state index contributed by atoms with van der Waals surface area (Å²) in [7, 11) is 0. The molecule has 6 nitrogen and oxygen atoms in total. The molecule has 1 fully saturated rings. The Kier molecular flexibility index (Phi) is 5.65. The molecule has 3 aromatic rings. The minimum absolute atomic E-state index is 0.210. The monoisotopic (exact) mass is 392 g/mol. The summed E-state index contributed by atoms with van der Waals surface area (Å²) in [5.41, 5.74) is 2.22. The van der Waals surface area contributed by atoms with Gasteiger partial charge in [-0.05, 0) is 49.2 Å². The van der Waals surface area contributed by atoms with Crippen molar-refractivity contribution in [1.29, 1.82) is 0 Å². The van der Waals surface area contributed by atoms with Crippen molar-refractivity contribution >= 4 is 17.4 Å². The second kappa shape index (κ2) is 8.68. The number of halogens is 1. The molecule has 2 heterocycles. The molecule has 0 bridgehead atoms. The number of carbonyl (C=O) groups is 1. The van der Waals surface area contributed by atoms with E-state index in [-0.39, 0.29) is 12.5 Å². The van der Waals surface area contributed by atoms with Gasteiger partial charge in [-0.25, -0.2) is 4.39 Å². The third-order valence-corrected chi connectivity index (χ3v) is 4.69. The lowest BCUT2D eigenvalue weighted by molar-refractivity contribution is -0.118. The molecule has 1 aromatic heterocycles. The smallest absolute Gasteiger partial charge is 0.262 e. The van der Waals surface area contributed by atoms with Crippen molar-refractivity contribution in [3.8, 4) is 17.0 Å². The van der Waals surface area contributed by atoms with E-state index in [0.717, 1.165) is 30.2 Å². The molecule has 1 N–H and O–H groups in total. The Hall–Kier alpha value is -3.48. The van der Waals surface area contributed by atoms with E-state index >= 15 is 0 Å². The quantitative estimate of drug-likeness (QED) is 0.689. The third kappa shape index (κ3) is 4.87. The summed E-state index contributed by atoms with van der Waals surface area (Å²) in [4.78, 5) is 14.4. The zero-order chi connectivity index (χ0) is 20.1. The minimum Gasteiger partial charge on any atom is -0.484 e. The van der Waals surface area contributed by atoms with E-state index in [1.54, 1.807) is 12.1 Å². The fourth-order valence-corrected chi connectivity index (χ4v) is 3.25. The summed E-state index contributed by atoms with van der Waals surface area (Å²) < 4.78 is 18.5. The molecule has 0 spiro atoms. The predicted octanol–water partition coefficient (Wildman–Crippen LogP) is 3.90. The summed E-state index contributed by atoms with van der Waals surface area (Å²) in [5.74, 6) is 0.460. The van der Waals surface area contributed by atoms with E-state index in [0.29, 0.717) is 11.4 Å². The zero-order valence-corrected chi connectivity index (χ0v) is 15.8. The number of benzene rings is 2. The first-order valence-corrected chi connectivity index (χ1v) is 9.55. The first-order valence-electron chi connectivity index (χ1n) is 9.55. The van der Waals surface area contributed by atoms with Crippen LogP contribution in [0, 0.1) is 5.82 Å². The Bertz CT molecular complexity index is 988. The highest BCUT2D eigenvalue weighted by atomic mass is 19.1. The van der Waals surface area contributed by atoms with Crippen LogP contribution < -0.4 is 15.0 Å². The maximum atomic E-state index is 13.2. The highest BCUT2D eigenvalue weighted by molar-refractivity contribution is 5.92. The highest BCUT2D eigenvalue weighted by Gasteiger charge is 2.14. The Balaban J connectivity index is 1.38. The Morgan fingerprint density at radius 1 is 1.03 bits per heavy atom. The van der Waals surface area contributed by atoms with Crippen molar-refractivity contribution in [2.75, 3.05) is 29.9 Å². The molecular formula is C22H21FN4O2. The van der Waals surface area contributed by atoms with Crippen LogP contribution in [0.4, 0.5) is 15.9 Å². The highest BCUT2D eigenvalue weighted by Crippen LogP contribution is 2.23. The molecular weight excluding hydrogens is 371 g/mol. The first-order chi connectivity index (χ1) is 14.2. The Labute approximate surface area is 168 Å². The fraction of sp³-hybridized carbons (Fsp3) is 0.227. The number of anilines is 2. The fourth-order valence-electron chi connectivity index (χ4n) is 3.25. The number of aromatic nitrogens is 2. The zero-order valence-electron chi connectivity index (χ0n) is 15.8. The number of amides is 1. The predicted molar refractivity (Wildman–Crippen MR) is 109 cm³/mol. The van der Waals surface area contributed by atoms with Gasteiger partial charge in [0.05, 0.1) is 5.69 Å². The minimum atomic E-state index is -0.410. The maximum absolute atomic E-state index is 13.2. The van der Waals surface area contributed by atoms with Crippen molar-refractivity contribution in [1.82, 2.24) is 10.2 Å². The van der Waals surface area contributed by atoms with Crippen molar-refractivity contribution in [2.45, 2.75) is 12.8 Å². The average molecular weight is 392 g/mol. The van der Waals surface area contributed by atoms with Crippen LogP contribution in [0.3, 0.4) is 0 Å². The summed E-state index contributed by atoms with van der Waals surface area (Å²) in [6.45, 7) is 1.83. The molecule has 148 valence electrons. The SMILES string of the molecule is O=C(COc1cccc(F)c1)Nc1cccc(-c2ccc(N3CCCC3)nn2)c1.